The van der Waals surface area contributed by atoms with Crippen LogP contribution >= 0.6 is 0 Å². The van der Waals surface area contributed by atoms with E-state index in [9.17, 15) is 35.9 Å². The van der Waals surface area contributed by atoms with Crippen LogP contribution in [0.4, 0.5) is 26.3 Å². The van der Waals surface area contributed by atoms with Crippen LogP contribution in [0.5, 0.6) is 0 Å². The summed E-state index contributed by atoms with van der Waals surface area (Å²) in [6, 6.07) is 12.7. The predicted octanol–water partition coefficient (Wildman–Crippen LogP) is 9.93. The van der Waals surface area contributed by atoms with Crippen molar-refractivity contribution in [3.63, 3.8) is 0 Å². The monoisotopic (exact) mass is 652 g/mol. The molecule has 0 amide bonds. The highest BCUT2D eigenvalue weighted by atomic mass is 19.4. The largest absolute Gasteiger partial charge is 0.448 e. The summed E-state index contributed by atoms with van der Waals surface area (Å²) in [5.74, 6) is -2.30. The number of hydrogen-bond acceptors (Lipinski definition) is 6. The zero-order chi connectivity index (χ0) is 33.7. The Kier molecular flexibility index (Phi) is 13.6. The van der Waals surface area contributed by atoms with Gasteiger partial charge in [-0.2, -0.15) is 26.3 Å². The lowest BCUT2D eigenvalue weighted by atomic mass is 10.0. The first-order valence-corrected chi connectivity index (χ1v) is 15.4. The summed E-state index contributed by atoms with van der Waals surface area (Å²) >= 11 is 0. The molecule has 0 radical (unpaired) electrons. The summed E-state index contributed by atoms with van der Waals surface area (Å²) in [5.41, 5.74) is 2.10. The van der Waals surface area contributed by atoms with Crippen LogP contribution in [0, 0.1) is 0 Å². The highest BCUT2D eigenvalue weighted by molar-refractivity contribution is 5.88. The minimum absolute atomic E-state index is 0.245. The van der Waals surface area contributed by atoms with Crippen LogP contribution in [0.2, 0.25) is 0 Å². The molecule has 2 heterocycles. The number of aromatic nitrogens is 2. The van der Waals surface area contributed by atoms with Crippen LogP contribution in [0.25, 0.3) is 22.3 Å². The number of halogens is 6. The van der Waals surface area contributed by atoms with Crippen molar-refractivity contribution in [2.75, 3.05) is 0 Å². The van der Waals surface area contributed by atoms with Gasteiger partial charge in [0, 0.05) is 23.5 Å². The number of rotatable bonds is 16. The lowest BCUT2D eigenvalue weighted by Gasteiger charge is -2.20. The maximum absolute atomic E-state index is 13.4. The maximum atomic E-state index is 13.4. The summed E-state index contributed by atoms with van der Waals surface area (Å²) < 4.78 is 89.8. The Balaban J connectivity index is 1.61. The molecule has 3 aromatic rings. The number of carbonyl (C=O) groups excluding carboxylic acids is 2. The van der Waals surface area contributed by atoms with Gasteiger partial charge >= 0.3 is 24.3 Å². The molecule has 0 fully saturated rings. The molecule has 1 aromatic carbocycles. The van der Waals surface area contributed by atoms with Crippen LogP contribution in [0.1, 0.15) is 99.0 Å². The third kappa shape index (κ3) is 11.1. The highest BCUT2D eigenvalue weighted by Crippen LogP contribution is 2.30. The van der Waals surface area contributed by atoms with Crippen LogP contribution < -0.4 is 0 Å². The standard InChI is InChI=1S/C34H38F6N2O4/c1-3-5-7-9-11-29(33(35,36)37)45-31(43)27-19-17-25(21-41-27)23-13-15-24(16-14-23)26-18-20-28(42-22-26)32(44)46-30(34(38,39)40)12-10-8-6-4-2/h13-22,29-30H,3-12H2,1-2H3. The van der Waals surface area contributed by atoms with Crippen molar-refractivity contribution in [3.05, 3.63) is 72.3 Å². The average Bonchev–Trinajstić information content (AvgIpc) is 3.03. The van der Waals surface area contributed by atoms with E-state index in [-0.39, 0.29) is 24.2 Å². The number of hydrogen-bond donors (Lipinski definition) is 0. The number of nitrogens with zero attached hydrogens (tertiary/aromatic N) is 2. The normalized spacial score (nSPS) is 13.2. The van der Waals surface area contributed by atoms with Gasteiger partial charge in [-0.25, -0.2) is 19.6 Å². The number of benzene rings is 1. The molecule has 46 heavy (non-hydrogen) atoms. The van der Waals surface area contributed by atoms with Crippen LogP contribution in [0.15, 0.2) is 60.9 Å². The molecule has 0 bridgehead atoms. The third-order valence-corrected chi connectivity index (χ3v) is 7.37. The second kappa shape index (κ2) is 17.1. The third-order valence-electron chi connectivity index (χ3n) is 7.37. The van der Waals surface area contributed by atoms with Crippen LogP contribution in [0.3, 0.4) is 0 Å². The van der Waals surface area contributed by atoms with E-state index in [2.05, 4.69) is 9.97 Å². The zero-order valence-electron chi connectivity index (χ0n) is 25.8. The van der Waals surface area contributed by atoms with Gasteiger partial charge in [0.15, 0.2) is 12.2 Å². The summed E-state index contributed by atoms with van der Waals surface area (Å²) in [6.45, 7) is 3.89. The number of ether oxygens (including phenoxy) is 2. The fourth-order valence-corrected chi connectivity index (χ4v) is 4.70. The van der Waals surface area contributed by atoms with E-state index in [1.54, 1.807) is 36.4 Å². The molecule has 0 spiro atoms. The Morgan fingerprint density at radius 3 is 1.20 bits per heavy atom. The van der Waals surface area contributed by atoms with Crippen molar-refractivity contribution >= 4 is 11.9 Å². The van der Waals surface area contributed by atoms with Crippen molar-refractivity contribution in [1.82, 2.24) is 9.97 Å². The Bertz CT molecular complexity index is 1270. The summed E-state index contributed by atoms with van der Waals surface area (Å²) in [4.78, 5) is 32.8. The predicted molar refractivity (Wildman–Crippen MR) is 161 cm³/mol. The second-order valence-corrected chi connectivity index (χ2v) is 11.0. The Hall–Kier alpha value is -3.96. The molecule has 0 aliphatic heterocycles. The molecule has 0 saturated carbocycles. The number of pyridine rings is 2. The highest BCUT2D eigenvalue weighted by Gasteiger charge is 2.43. The number of alkyl halides is 6. The van der Waals surface area contributed by atoms with E-state index < -0.39 is 36.5 Å². The van der Waals surface area contributed by atoms with E-state index in [4.69, 9.17) is 9.47 Å². The lowest BCUT2D eigenvalue weighted by molar-refractivity contribution is -0.206. The van der Waals surface area contributed by atoms with Gasteiger partial charge in [0.2, 0.25) is 0 Å². The second-order valence-electron chi connectivity index (χ2n) is 11.0. The van der Waals surface area contributed by atoms with Crippen molar-refractivity contribution in [2.24, 2.45) is 0 Å². The van der Waals surface area contributed by atoms with E-state index in [0.717, 1.165) is 25.7 Å². The van der Waals surface area contributed by atoms with Crippen molar-refractivity contribution in [3.8, 4) is 22.3 Å². The SMILES string of the molecule is CCCCCCC(OC(=O)c1ccc(-c2ccc(-c3ccc(C(=O)OC(CCCCCC)C(F)(F)F)nc3)cc2)cn1)C(F)(F)F. The van der Waals surface area contributed by atoms with Gasteiger partial charge in [0.25, 0.3) is 0 Å². The number of esters is 2. The number of unbranched alkanes of at least 4 members (excludes halogenated alkanes) is 6. The van der Waals surface area contributed by atoms with Crippen LogP contribution in [-0.2, 0) is 9.47 Å². The Morgan fingerprint density at radius 2 is 0.913 bits per heavy atom. The van der Waals surface area contributed by atoms with Crippen molar-refractivity contribution < 1.29 is 45.4 Å². The zero-order valence-corrected chi connectivity index (χ0v) is 25.8. The topological polar surface area (TPSA) is 78.4 Å². The molecule has 0 N–H and O–H groups in total. The van der Waals surface area contributed by atoms with Crippen molar-refractivity contribution in [2.45, 2.75) is 103 Å². The molecule has 2 atom stereocenters. The van der Waals surface area contributed by atoms with Gasteiger partial charge in [-0.3, -0.25) is 0 Å². The maximum Gasteiger partial charge on any atom is 0.425 e. The van der Waals surface area contributed by atoms with E-state index in [1.807, 2.05) is 13.8 Å². The molecule has 0 aliphatic carbocycles. The first kappa shape index (κ1) is 36.5. The molecule has 250 valence electrons. The Labute approximate surface area is 264 Å². The average molecular weight is 653 g/mol. The van der Waals surface area contributed by atoms with Gasteiger partial charge in [-0.1, -0.05) is 88.8 Å². The number of carbonyl (C=O) groups is 2. The minimum Gasteiger partial charge on any atom is -0.448 e. The van der Waals surface area contributed by atoms with Crippen LogP contribution in [-0.4, -0.2) is 46.5 Å². The van der Waals surface area contributed by atoms with Gasteiger partial charge in [-0.15, -0.1) is 0 Å². The molecule has 0 aliphatic rings. The summed E-state index contributed by atoms with van der Waals surface area (Å²) in [7, 11) is 0. The molecular formula is C34H38F6N2O4. The summed E-state index contributed by atoms with van der Waals surface area (Å²) in [6.07, 6.45) is -6.47. The molecule has 2 unspecified atom stereocenters. The Morgan fingerprint density at radius 1 is 0.565 bits per heavy atom. The lowest BCUT2D eigenvalue weighted by Crippen LogP contribution is -2.34. The molecule has 12 heteroatoms. The van der Waals surface area contributed by atoms with Gasteiger partial charge < -0.3 is 9.47 Å². The van der Waals surface area contributed by atoms with E-state index in [0.29, 0.717) is 47.9 Å². The first-order chi connectivity index (χ1) is 21.8. The van der Waals surface area contributed by atoms with Gasteiger partial charge in [-0.05, 0) is 48.9 Å². The molecule has 0 saturated heterocycles. The molecule has 2 aromatic heterocycles. The molecule has 3 rings (SSSR count). The van der Waals surface area contributed by atoms with Crippen molar-refractivity contribution in [1.29, 1.82) is 0 Å². The fourth-order valence-electron chi connectivity index (χ4n) is 4.70. The van der Waals surface area contributed by atoms with E-state index in [1.165, 1.54) is 24.5 Å². The molecule has 6 nitrogen and oxygen atoms in total. The van der Waals surface area contributed by atoms with Gasteiger partial charge in [0.1, 0.15) is 11.4 Å². The smallest absolute Gasteiger partial charge is 0.425 e. The van der Waals surface area contributed by atoms with E-state index >= 15 is 0 Å². The summed E-state index contributed by atoms with van der Waals surface area (Å²) in [5, 5.41) is 0. The van der Waals surface area contributed by atoms with Gasteiger partial charge in [0.05, 0.1) is 0 Å². The fraction of sp³-hybridized carbons (Fsp3) is 0.471. The quantitative estimate of drug-likeness (QED) is 0.0871. The first-order valence-electron chi connectivity index (χ1n) is 15.4. The molecular weight excluding hydrogens is 614 g/mol. The minimum atomic E-state index is -4.67.